The highest BCUT2D eigenvalue weighted by atomic mass is 35.5. The third kappa shape index (κ3) is 2.26. The number of benzene rings is 1. The third-order valence-electron chi connectivity index (χ3n) is 3.01. The molecule has 0 aliphatic carbocycles. The van der Waals surface area contributed by atoms with Crippen molar-refractivity contribution in [3.63, 3.8) is 0 Å². The lowest BCUT2D eigenvalue weighted by Crippen LogP contribution is -2.15. The van der Waals surface area contributed by atoms with E-state index in [1.54, 1.807) is 29.7 Å². The normalized spacial score (nSPS) is 10.7. The minimum atomic E-state index is -0.191. The van der Waals surface area contributed by atoms with Gasteiger partial charge in [0.2, 0.25) is 0 Å². The molecule has 0 unspecified atom stereocenters. The summed E-state index contributed by atoms with van der Waals surface area (Å²) in [6.07, 6.45) is 1.75. The molecular weight excluding hydrogens is 274 g/mol. The third-order valence-corrected chi connectivity index (χ3v) is 3.24. The second-order valence-corrected chi connectivity index (χ2v) is 4.88. The van der Waals surface area contributed by atoms with Gasteiger partial charge in [-0.15, -0.1) is 0 Å². The van der Waals surface area contributed by atoms with Crippen LogP contribution in [0.1, 0.15) is 16.2 Å². The van der Waals surface area contributed by atoms with E-state index >= 15 is 0 Å². The van der Waals surface area contributed by atoms with Crippen LogP contribution < -0.4 is 5.32 Å². The zero-order valence-corrected chi connectivity index (χ0v) is 11.6. The van der Waals surface area contributed by atoms with Crippen molar-refractivity contribution < 1.29 is 4.79 Å². The van der Waals surface area contributed by atoms with E-state index in [0.29, 0.717) is 22.1 Å². The van der Waals surface area contributed by atoms with E-state index in [1.807, 2.05) is 30.3 Å². The maximum Gasteiger partial charge on any atom is 0.274 e. The fraction of sp³-hybridized carbons (Fsp3) is 0.0667. The molecule has 0 spiro atoms. The number of aromatic nitrogens is 2. The van der Waals surface area contributed by atoms with Crippen LogP contribution in [0, 0.1) is 6.92 Å². The van der Waals surface area contributed by atoms with E-state index in [1.165, 1.54) is 0 Å². The molecule has 3 rings (SSSR count). The first-order chi connectivity index (χ1) is 9.65. The minimum absolute atomic E-state index is 0.191. The van der Waals surface area contributed by atoms with Gasteiger partial charge in [0, 0.05) is 23.0 Å². The second-order valence-electron chi connectivity index (χ2n) is 4.44. The van der Waals surface area contributed by atoms with Crippen molar-refractivity contribution in [2.24, 2.45) is 0 Å². The lowest BCUT2D eigenvalue weighted by Gasteiger charge is -2.05. The number of para-hydroxylation sites is 1. The molecular formula is C15H12ClN3O. The monoisotopic (exact) mass is 285 g/mol. The highest BCUT2D eigenvalue weighted by molar-refractivity contribution is 6.30. The number of aryl methyl sites for hydroxylation is 1. The van der Waals surface area contributed by atoms with Crippen LogP contribution in [0.3, 0.4) is 0 Å². The fourth-order valence-electron chi connectivity index (χ4n) is 2.12. The van der Waals surface area contributed by atoms with Gasteiger partial charge in [-0.3, -0.25) is 9.20 Å². The molecule has 100 valence electrons. The van der Waals surface area contributed by atoms with Crippen molar-refractivity contribution in [2.75, 3.05) is 5.32 Å². The molecule has 4 nitrogen and oxygen atoms in total. The lowest BCUT2D eigenvalue weighted by atomic mass is 10.3. The zero-order valence-electron chi connectivity index (χ0n) is 10.8. The van der Waals surface area contributed by atoms with Crippen LogP contribution in [-0.2, 0) is 0 Å². The maximum atomic E-state index is 12.4. The van der Waals surface area contributed by atoms with Crippen LogP contribution >= 0.6 is 11.6 Å². The maximum absolute atomic E-state index is 12.4. The number of rotatable bonds is 2. The Bertz CT molecular complexity index is 780. The number of nitrogens with zero attached hydrogens (tertiary/aromatic N) is 2. The lowest BCUT2D eigenvalue weighted by molar-refractivity contribution is 0.102. The number of pyridine rings is 1. The van der Waals surface area contributed by atoms with Crippen molar-refractivity contribution in [1.82, 2.24) is 9.38 Å². The van der Waals surface area contributed by atoms with E-state index in [-0.39, 0.29) is 5.91 Å². The predicted octanol–water partition coefficient (Wildman–Crippen LogP) is 3.55. The average molecular weight is 286 g/mol. The van der Waals surface area contributed by atoms with E-state index in [4.69, 9.17) is 11.6 Å². The molecule has 0 atom stereocenters. The average Bonchev–Trinajstić information content (AvgIpc) is 2.74. The molecule has 0 saturated carbocycles. The first-order valence-corrected chi connectivity index (χ1v) is 6.53. The highest BCUT2D eigenvalue weighted by Crippen LogP contribution is 2.18. The molecule has 1 amide bonds. The number of imidazole rings is 1. The van der Waals surface area contributed by atoms with E-state index in [0.717, 1.165) is 5.69 Å². The molecule has 5 heteroatoms. The standard InChI is InChI=1S/C15H12ClN3O/c1-10-14(15(20)18-12-5-3-2-4-6-12)19-8-7-11(16)9-13(19)17-10/h2-9H,1H3,(H,18,20). The Kier molecular flexibility index (Phi) is 3.16. The van der Waals surface area contributed by atoms with Crippen molar-refractivity contribution in [2.45, 2.75) is 6.92 Å². The number of amides is 1. The van der Waals surface area contributed by atoms with Gasteiger partial charge in [-0.2, -0.15) is 0 Å². The summed E-state index contributed by atoms with van der Waals surface area (Å²) >= 11 is 5.94. The van der Waals surface area contributed by atoms with Crippen LogP contribution in [0.15, 0.2) is 48.7 Å². The minimum Gasteiger partial charge on any atom is -0.321 e. The summed E-state index contributed by atoms with van der Waals surface area (Å²) in [5.41, 5.74) is 2.59. The van der Waals surface area contributed by atoms with Gasteiger partial charge in [-0.05, 0) is 25.1 Å². The summed E-state index contributed by atoms with van der Waals surface area (Å²) in [5, 5.41) is 3.45. The van der Waals surface area contributed by atoms with Crippen LogP contribution in [0.4, 0.5) is 5.69 Å². The Balaban J connectivity index is 2.01. The van der Waals surface area contributed by atoms with Gasteiger partial charge in [0.15, 0.2) is 0 Å². The Morgan fingerprint density at radius 1 is 1.25 bits per heavy atom. The topological polar surface area (TPSA) is 46.4 Å². The van der Waals surface area contributed by atoms with Gasteiger partial charge >= 0.3 is 0 Å². The molecule has 0 saturated heterocycles. The SMILES string of the molecule is Cc1nc2cc(Cl)ccn2c1C(=O)Nc1ccccc1. The molecule has 0 radical (unpaired) electrons. The summed E-state index contributed by atoms with van der Waals surface area (Å²) in [6, 6.07) is 12.8. The molecule has 1 N–H and O–H groups in total. The number of hydrogen-bond acceptors (Lipinski definition) is 2. The van der Waals surface area contributed by atoms with E-state index < -0.39 is 0 Å². The van der Waals surface area contributed by atoms with Gasteiger partial charge in [-0.1, -0.05) is 29.8 Å². The summed E-state index contributed by atoms with van der Waals surface area (Å²) in [7, 11) is 0. The van der Waals surface area contributed by atoms with Crippen molar-refractivity contribution in [1.29, 1.82) is 0 Å². The highest BCUT2D eigenvalue weighted by Gasteiger charge is 2.16. The number of carbonyl (C=O) groups is 1. The Hall–Kier alpha value is -2.33. The largest absolute Gasteiger partial charge is 0.321 e. The fourth-order valence-corrected chi connectivity index (χ4v) is 2.28. The van der Waals surface area contributed by atoms with E-state index in [9.17, 15) is 4.79 Å². The number of nitrogens with one attached hydrogen (secondary N) is 1. The summed E-state index contributed by atoms with van der Waals surface area (Å²) in [5.74, 6) is -0.191. The number of carbonyl (C=O) groups excluding carboxylic acids is 1. The number of halogens is 1. The first-order valence-electron chi connectivity index (χ1n) is 6.16. The van der Waals surface area contributed by atoms with Crippen molar-refractivity contribution in [3.05, 3.63) is 65.1 Å². The van der Waals surface area contributed by atoms with Gasteiger partial charge in [0.05, 0.1) is 5.69 Å². The van der Waals surface area contributed by atoms with Gasteiger partial charge in [0.1, 0.15) is 11.3 Å². The van der Waals surface area contributed by atoms with Gasteiger partial charge in [0.25, 0.3) is 5.91 Å². The summed E-state index contributed by atoms with van der Waals surface area (Å²) in [6.45, 7) is 1.81. The van der Waals surface area contributed by atoms with Crippen LogP contribution in [0.25, 0.3) is 5.65 Å². The summed E-state index contributed by atoms with van der Waals surface area (Å²) < 4.78 is 1.74. The Labute approximate surface area is 121 Å². The molecule has 2 heterocycles. The van der Waals surface area contributed by atoms with Crippen LogP contribution in [0.2, 0.25) is 5.02 Å². The smallest absolute Gasteiger partial charge is 0.274 e. The first kappa shape index (κ1) is 12.7. The molecule has 0 aliphatic rings. The molecule has 0 bridgehead atoms. The Morgan fingerprint density at radius 2 is 2.00 bits per heavy atom. The molecule has 20 heavy (non-hydrogen) atoms. The molecule has 1 aromatic carbocycles. The zero-order chi connectivity index (χ0) is 14.1. The summed E-state index contributed by atoms with van der Waals surface area (Å²) in [4.78, 5) is 16.7. The van der Waals surface area contributed by atoms with Crippen molar-refractivity contribution >= 4 is 28.8 Å². The van der Waals surface area contributed by atoms with Gasteiger partial charge < -0.3 is 5.32 Å². The van der Waals surface area contributed by atoms with E-state index in [2.05, 4.69) is 10.3 Å². The predicted molar refractivity (Wildman–Crippen MR) is 79.3 cm³/mol. The molecule has 2 aromatic heterocycles. The van der Waals surface area contributed by atoms with Crippen molar-refractivity contribution in [3.8, 4) is 0 Å². The molecule has 0 fully saturated rings. The second kappa shape index (κ2) is 4.98. The number of anilines is 1. The number of fused-ring (bicyclic) bond motifs is 1. The molecule has 3 aromatic rings. The van der Waals surface area contributed by atoms with Gasteiger partial charge in [-0.25, -0.2) is 4.98 Å². The quantitative estimate of drug-likeness (QED) is 0.783. The molecule has 0 aliphatic heterocycles. The van der Waals surface area contributed by atoms with Crippen LogP contribution in [-0.4, -0.2) is 15.3 Å². The number of hydrogen-bond donors (Lipinski definition) is 1. The Morgan fingerprint density at radius 3 is 2.75 bits per heavy atom. The van der Waals surface area contributed by atoms with Crippen LogP contribution in [0.5, 0.6) is 0 Å².